The predicted octanol–water partition coefficient (Wildman–Crippen LogP) is 3.45. The van der Waals surface area contributed by atoms with Crippen LogP contribution >= 0.6 is 0 Å². The largest absolute Gasteiger partial charge is 0.323 e. The van der Waals surface area contributed by atoms with Crippen molar-refractivity contribution in [2.75, 3.05) is 10.0 Å². The Labute approximate surface area is 184 Å². The van der Waals surface area contributed by atoms with E-state index in [1.807, 2.05) is 0 Å². The number of rotatable bonds is 7. The number of nitrogens with zero attached hydrogens (tertiary/aromatic N) is 3. The molecule has 0 saturated carbocycles. The van der Waals surface area contributed by atoms with Crippen molar-refractivity contribution in [1.29, 1.82) is 0 Å². The number of hydrogen-bond donors (Lipinski definition) is 2. The Kier molecular flexibility index (Phi) is 6.59. The zero-order chi connectivity index (χ0) is 23.3. The molecule has 3 aromatic rings. The third kappa shape index (κ3) is 5.95. The molecule has 32 heavy (non-hydrogen) atoms. The summed E-state index contributed by atoms with van der Waals surface area (Å²) in [6.07, 6.45) is 2.78. The second kappa shape index (κ2) is 9.35. The summed E-state index contributed by atoms with van der Waals surface area (Å²) in [5.41, 5.74) is 1.61. The van der Waals surface area contributed by atoms with Crippen LogP contribution in [0.2, 0.25) is 0 Å². The van der Waals surface area contributed by atoms with Gasteiger partial charge in [0.25, 0.3) is 15.7 Å². The fraction of sp³-hybridized carbons (Fsp3) is 0.0952. The molecule has 11 heteroatoms. The van der Waals surface area contributed by atoms with E-state index in [9.17, 15) is 23.3 Å². The van der Waals surface area contributed by atoms with E-state index in [1.165, 1.54) is 66.7 Å². The quantitative estimate of drug-likeness (QED) is 0.317. The molecular weight excluding hydrogens is 434 g/mol. The summed E-state index contributed by atoms with van der Waals surface area (Å²) in [5.74, 6) is 0.176. The monoisotopic (exact) mass is 453 g/mol. The number of carbonyl (C=O) groups is 1. The molecular formula is C21H19N5O5S. The predicted molar refractivity (Wildman–Crippen MR) is 120 cm³/mol. The van der Waals surface area contributed by atoms with Crippen LogP contribution in [0.25, 0.3) is 6.08 Å². The first-order valence-electron chi connectivity index (χ1n) is 9.31. The number of benzene rings is 2. The van der Waals surface area contributed by atoms with Gasteiger partial charge in [0.05, 0.1) is 9.82 Å². The summed E-state index contributed by atoms with van der Waals surface area (Å²) in [5, 5.41) is 13.3. The third-order valence-corrected chi connectivity index (χ3v) is 5.54. The number of amides is 1. The SMILES string of the molecule is Cc1cc(NS(=O)(=O)c2ccc(NC(=O)C=Cc3ccc([N+](=O)[O-])cc3)cc2)nc(C)n1. The minimum absolute atomic E-state index is 0.00541. The van der Waals surface area contributed by atoms with E-state index in [4.69, 9.17) is 0 Å². The maximum atomic E-state index is 12.6. The fourth-order valence-corrected chi connectivity index (χ4v) is 3.74. The van der Waals surface area contributed by atoms with Crippen molar-refractivity contribution in [1.82, 2.24) is 9.97 Å². The zero-order valence-corrected chi connectivity index (χ0v) is 18.0. The summed E-state index contributed by atoms with van der Waals surface area (Å²) in [6.45, 7) is 3.40. The molecule has 0 saturated heterocycles. The van der Waals surface area contributed by atoms with Crippen LogP contribution in [0, 0.1) is 24.0 Å². The van der Waals surface area contributed by atoms with Crippen LogP contribution in [0.5, 0.6) is 0 Å². The van der Waals surface area contributed by atoms with Gasteiger partial charge in [-0.15, -0.1) is 0 Å². The summed E-state index contributed by atoms with van der Waals surface area (Å²) >= 11 is 0. The Balaban J connectivity index is 1.64. The molecule has 0 bridgehead atoms. The highest BCUT2D eigenvalue weighted by atomic mass is 32.2. The van der Waals surface area contributed by atoms with Crippen LogP contribution < -0.4 is 10.0 Å². The number of anilines is 2. The minimum Gasteiger partial charge on any atom is -0.323 e. The number of nitrogens with one attached hydrogen (secondary N) is 2. The molecule has 1 amide bonds. The van der Waals surface area contributed by atoms with Gasteiger partial charge in [0.1, 0.15) is 11.6 Å². The lowest BCUT2D eigenvalue weighted by molar-refractivity contribution is -0.384. The number of carbonyl (C=O) groups excluding carboxylic acids is 1. The van der Waals surface area contributed by atoms with Crippen LogP contribution in [-0.4, -0.2) is 29.2 Å². The number of hydrogen-bond acceptors (Lipinski definition) is 7. The summed E-state index contributed by atoms with van der Waals surface area (Å²) in [4.78, 5) is 30.4. The van der Waals surface area contributed by atoms with Gasteiger partial charge in [-0.3, -0.25) is 19.6 Å². The number of nitro benzene ring substituents is 1. The number of non-ortho nitro benzene ring substituents is 1. The highest BCUT2D eigenvalue weighted by Gasteiger charge is 2.15. The average molecular weight is 453 g/mol. The molecule has 0 unspecified atom stereocenters. The first-order chi connectivity index (χ1) is 15.1. The molecule has 2 aromatic carbocycles. The van der Waals surface area contributed by atoms with E-state index in [-0.39, 0.29) is 16.4 Å². The standard InChI is InChI=1S/C21H19N5O5S/c1-14-13-20(23-15(2)22-14)25-32(30,31)19-10-6-17(7-11-19)24-21(27)12-5-16-3-8-18(9-4-16)26(28)29/h3-13H,1-2H3,(H,24,27)(H,22,23,25). The van der Waals surface area contributed by atoms with Gasteiger partial charge >= 0.3 is 0 Å². The van der Waals surface area contributed by atoms with Crippen molar-refractivity contribution in [2.24, 2.45) is 0 Å². The Bertz CT molecular complexity index is 1270. The van der Waals surface area contributed by atoms with Gasteiger partial charge < -0.3 is 5.32 Å². The molecule has 0 fully saturated rings. The van der Waals surface area contributed by atoms with Gasteiger partial charge in [-0.05, 0) is 61.9 Å². The lowest BCUT2D eigenvalue weighted by Crippen LogP contribution is -2.15. The number of aromatic nitrogens is 2. The molecule has 2 N–H and O–H groups in total. The molecule has 0 aliphatic carbocycles. The summed E-state index contributed by atoms with van der Waals surface area (Å²) < 4.78 is 27.5. The van der Waals surface area contributed by atoms with Crippen molar-refractivity contribution in [2.45, 2.75) is 18.7 Å². The van der Waals surface area contributed by atoms with Crippen molar-refractivity contribution in [3.63, 3.8) is 0 Å². The lowest BCUT2D eigenvalue weighted by Gasteiger charge is -2.09. The Hall–Kier alpha value is -4.12. The van der Waals surface area contributed by atoms with Gasteiger partial charge in [-0.1, -0.05) is 0 Å². The van der Waals surface area contributed by atoms with Crippen molar-refractivity contribution < 1.29 is 18.1 Å². The smallest absolute Gasteiger partial charge is 0.269 e. The number of aryl methyl sites for hydroxylation is 2. The molecule has 0 spiro atoms. The van der Waals surface area contributed by atoms with Gasteiger partial charge in [0.15, 0.2) is 0 Å². The van der Waals surface area contributed by atoms with Crippen molar-refractivity contribution in [3.8, 4) is 0 Å². The first kappa shape index (κ1) is 22.6. The van der Waals surface area contributed by atoms with Crippen LogP contribution in [-0.2, 0) is 14.8 Å². The number of sulfonamides is 1. The van der Waals surface area contributed by atoms with Crippen molar-refractivity contribution >= 4 is 39.2 Å². The summed E-state index contributed by atoms with van der Waals surface area (Å²) in [6, 6.07) is 12.9. The Morgan fingerprint density at radius 1 is 1.03 bits per heavy atom. The van der Waals surface area contributed by atoms with E-state index in [2.05, 4.69) is 20.0 Å². The molecule has 0 aliphatic heterocycles. The topological polar surface area (TPSA) is 144 Å². The second-order valence-electron chi connectivity index (χ2n) is 6.74. The van der Waals surface area contributed by atoms with Gasteiger partial charge in [0, 0.05) is 35.7 Å². The zero-order valence-electron chi connectivity index (χ0n) is 17.1. The third-order valence-electron chi connectivity index (χ3n) is 4.17. The van der Waals surface area contributed by atoms with Crippen LogP contribution in [0.1, 0.15) is 17.1 Å². The van der Waals surface area contributed by atoms with E-state index >= 15 is 0 Å². The number of nitro groups is 1. The van der Waals surface area contributed by atoms with Crippen molar-refractivity contribution in [3.05, 3.63) is 87.9 Å². The maximum Gasteiger partial charge on any atom is 0.269 e. The highest BCUT2D eigenvalue weighted by Crippen LogP contribution is 2.18. The normalized spacial score (nSPS) is 11.3. The van der Waals surface area contributed by atoms with Crippen LogP contribution in [0.15, 0.2) is 65.6 Å². The van der Waals surface area contributed by atoms with E-state index in [0.717, 1.165) is 0 Å². The van der Waals surface area contributed by atoms with Gasteiger partial charge in [0.2, 0.25) is 5.91 Å². The highest BCUT2D eigenvalue weighted by molar-refractivity contribution is 7.92. The van der Waals surface area contributed by atoms with Crippen LogP contribution in [0.4, 0.5) is 17.2 Å². The molecule has 0 radical (unpaired) electrons. The first-order valence-corrected chi connectivity index (χ1v) is 10.8. The molecule has 1 heterocycles. The molecule has 0 aliphatic rings. The average Bonchev–Trinajstić information content (AvgIpc) is 2.72. The van der Waals surface area contributed by atoms with Gasteiger partial charge in [-0.2, -0.15) is 0 Å². The maximum absolute atomic E-state index is 12.6. The molecule has 0 atom stereocenters. The minimum atomic E-state index is -3.86. The molecule has 164 valence electrons. The van der Waals surface area contributed by atoms with Crippen LogP contribution in [0.3, 0.4) is 0 Å². The van der Waals surface area contributed by atoms with E-state index < -0.39 is 20.9 Å². The second-order valence-corrected chi connectivity index (χ2v) is 8.43. The Morgan fingerprint density at radius 3 is 2.28 bits per heavy atom. The van der Waals surface area contributed by atoms with E-state index in [1.54, 1.807) is 13.8 Å². The van der Waals surface area contributed by atoms with E-state index in [0.29, 0.717) is 22.8 Å². The lowest BCUT2D eigenvalue weighted by atomic mass is 10.2. The summed E-state index contributed by atoms with van der Waals surface area (Å²) in [7, 11) is -3.86. The van der Waals surface area contributed by atoms with Gasteiger partial charge in [-0.25, -0.2) is 18.4 Å². The molecule has 1 aromatic heterocycles. The fourth-order valence-electron chi connectivity index (χ4n) is 2.75. The molecule has 10 nitrogen and oxygen atoms in total. The Morgan fingerprint density at radius 2 is 1.69 bits per heavy atom. The molecule has 3 rings (SSSR count).